The number of benzene rings is 1. The summed E-state index contributed by atoms with van der Waals surface area (Å²) in [6.45, 7) is 1.43. The standard InChI is InChI=1S/C12H11BrFN3O/c13-10-3-1-2-9(11(10)14)12(18)17-5-4-16-7-8(17)6-15/h1-3,8,16H,4-5,7H2. The van der Waals surface area contributed by atoms with Gasteiger partial charge >= 0.3 is 0 Å². The highest BCUT2D eigenvalue weighted by Crippen LogP contribution is 2.21. The second kappa shape index (κ2) is 5.46. The third-order valence-electron chi connectivity index (χ3n) is 2.84. The summed E-state index contributed by atoms with van der Waals surface area (Å²) in [6.07, 6.45) is 0. The van der Waals surface area contributed by atoms with Gasteiger partial charge in [0.25, 0.3) is 5.91 Å². The number of halogens is 2. The van der Waals surface area contributed by atoms with Gasteiger partial charge in [0.15, 0.2) is 0 Å². The average Bonchev–Trinajstić information content (AvgIpc) is 2.41. The van der Waals surface area contributed by atoms with Crippen LogP contribution in [-0.2, 0) is 0 Å². The van der Waals surface area contributed by atoms with Gasteiger partial charge < -0.3 is 10.2 Å². The predicted octanol–water partition coefficient (Wildman–Crippen LogP) is 1.53. The summed E-state index contributed by atoms with van der Waals surface area (Å²) in [6, 6.07) is 6.06. The normalized spacial score (nSPS) is 19.4. The summed E-state index contributed by atoms with van der Waals surface area (Å²) >= 11 is 3.05. The van der Waals surface area contributed by atoms with E-state index < -0.39 is 17.8 Å². The Bertz CT molecular complexity index is 515. The van der Waals surface area contributed by atoms with Crippen molar-refractivity contribution in [3.63, 3.8) is 0 Å². The summed E-state index contributed by atoms with van der Waals surface area (Å²) in [5, 5.41) is 12.0. The SMILES string of the molecule is N#CC1CNCCN1C(=O)c1cccc(Br)c1F. The second-order valence-electron chi connectivity index (χ2n) is 3.95. The summed E-state index contributed by atoms with van der Waals surface area (Å²) in [5.74, 6) is -1.03. The van der Waals surface area contributed by atoms with E-state index in [1.54, 1.807) is 6.07 Å². The Kier molecular flexibility index (Phi) is 3.94. The molecule has 0 aliphatic carbocycles. The first kappa shape index (κ1) is 13.0. The second-order valence-corrected chi connectivity index (χ2v) is 4.80. The molecular formula is C12H11BrFN3O. The molecular weight excluding hydrogens is 301 g/mol. The van der Waals surface area contributed by atoms with E-state index in [-0.39, 0.29) is 10.0 Å². The molecule has 1 saturated heterocycles. The lowest BCUT2D eigenvalue weighted by Crippen LogP contribution is -2.53. The van der Waals surface area contributed by atoms with Crippen LogP contribution in [0.15, 0.2) is 22.7 Å². The van der Waals surface area contributed by atoms with Crippen molar-refractivity contribution in [1.29, 1.82) is 5.26 Å². The number of hydrogen-bond acceptors (Lipinski definition) is 3. The minimum Gasteiger partial charge on any atom is -0.320 e. The van der Waals surface area contributed by atoms with Crippen LogP contribution in [0.5, 0.6) is 0 Å². The van der Waals surface area contributed by atoms with Crippen molar-refractivity contribution in [3.8, 4) is 6.07 Å². The molecule has 1 N–H and O–H groups in total. The molecule has 1 atom stereocenters. The maximum Gasteiger partial charge on any atom is 0.258 e. The number of carbonyl (C=O) groups is 1. The molecule has 94 valence electrons. The van der Waals surface area contributed by atoms with E-state index in [2.05, 4.69) is 21.2 Å². The molecule has 1 heterocycles. The summed E-state index contributed by atoms with van der Waals surface area (Å²) < 4.78 is 14.1. The first-order valence-electron chi connectivity index (χ1n) is 5.50. The van der Waals surface area contributed by atoms with Crippen LogP contribution < -0.4 is 5.32 Å². The molecule has 0 aromatic heterocycles. The fraction of sp³-hybridized carbons (Fsp3) is 0.333. The van der Waals surface area contributed by atoms with Gasteiger partial charge in [0.1, 0.15) is 11.9 Å². The third-order valence-corrected chi connectivity index (χ3v) is 3.45. The van der Waals surface area contributed by atoms with Crippen LogP contribution >= 0.6 is 15.9 Å². The number of piperazine rings is 1. The van der Waals surface area contributed by atoms with Crippen molar-refractivity contribution in [2.24, 2.45) is 0 Å². The highest BCUT2D eigenvalue weighted by molar-refractivity contribution is 9.10. The van der Waals surface area contributed by atoms with Crippen LogP contribution in [0.1, 0.15) is 10.4 Å². The smallest absolute Gasteiger partial charge is 0.258 e. The van der Waals surface area contributed by atoms with Crippen LogP contribution in [-0.4, -0.2) is 36.5 Å². The minimum absolute atomic E-state index is 0.00785. The monoisotopic (exact) mass is 311 g/mol. The van der Waals surface area contributed by atoms with Gasteiger partial charge in [0.2, 0.25) is 0 Å². The highest BCUT2D eigenvalue weighted by Gasteiger charge is 2.29. The molecule has 1 unspecified atom stereocenters. The van der Waals surface area contributed by atoms with Gasteiger partial charge in [-0.1, -0.05) is 6.07 Å². The van der Waals surface area contributed by atoms with E-state index in [0.717, 1.165) is 0 Å². The van der Waals surface area contributed by atoms with Gasteiger partial charge in [-0.3, -0.25) is 4.79 Å². The third kappa shape index (κ3) is 2.37. The van der Waals surface area contributed by atoms with Gasteiger partial charge in [-0.15, -0.1) is 0 Å². The Hall–Kier alpha value is -1.45. The molecule has 2 rings (SSSR count). The first-order valence-corrected chi connectivity index (χ1v) is 6.29. The van der Waals surface area contributed by atoms with E-state index in [0.29, 0.717) is 19.6 Å². The maximum atomic E-state index is 13.8. The number of amides is 1. The van der Waals surface area contributed by atoms with E-state index in [9.17, 15) is 9.18 Å². The molecule has 0 spiro atoms. The van der Waals surface area contributed by atoms with Gasteiger partial charge in [0.05, 0.1) is 16.1 Å². The highest BCUT2D eigenvalue weighted by atomic mass is 79.9. The first-order chi connectivity index (χ1) is 8.65. The number of rotatable bonds is 1. The van der Waals surface area contributed by atoms with Crippen LogP contribution in [0.2, 0.25) is 0 Å². The lowest BCUT2D eigenvalue weighted by Gasteiger charge is -2.32. The molecule has 1 fully saturated rings. The average molecular weight is 312 g/mol. The zero-order valence-corrected chi connectivity index (χ0v) is 11.1. The molecule has 6 heteroatoms. The fourth-order valence-electron chi connectivity index (χ4n) is 1.89. The number of hydrogen-bond donors (Lipinski definition) is 1. The zero-order valence-electron chi connectivity index (χ0n) is 9.49. The number of nitrogens with zero attached hydrogens (tertiary/aromatic N) is 2. The molecule has 1 aliphatic rings. The Morgan fingerprint density at radius 1 is 1.61 bits per heavy atom. The molecule has 1 aromatic carbocycles. The summed E-state index contributed by atoms with van der Waals surface area (Å²) in [7, 11) is 0. The van der Waals surface area contributed by atoms with Crippen molar-refractivity contribution in [2.45, 2.75) is 6.04 Å². The molecule has 18 heavy (non-hydrogen) atoms. The Morgan fingerprint density at radius 3 is 3.11 bits per heavy atom. The Balaban J connectivity index is 2.30. The molecule has 0 bridgehead atoms. The molecule has 0 radical (unpaired) electrons. The topological polar surface area (TPSA) is 56.1 Å². The van der Waals surface area contributed by atoms with Crippen molar-refractivity contribution in [3.05, 3.63) is 34.1 Å². The fourth-order valence-corrected chi connectivity index (χ4v) is 2.25. The molecule has 4 nitrogen and oxygen atoms in total. The van der Waals surface area contributed by atoms with Crippen molar-refractivity contribution in [1.82, 2.24) is 10.2 Å². The zero-order chi connectivity index (χ0) is 13.1. The Labute approximate surface area is 113 Å². The van der Waals surface area contributed by atoms with Crippen LogP contribution in [0.4, 0.5) is 4.39 Å². The van der Waals surface area contributed by atoms with Gasteiger partial charge in [0, 0.05) is 19.6 Å². The van der Waals surface area contributed by atoms with Crippen LogP contribution in [0, 0.1) is 17.1 Å². The number of nitrogens with one attached hydrogen (secondary N) is 1. The summed E-state index contributed by atoms with van der Waals surface area (Å²) in [4.78, 5) is 13.6. The molecule has 1 aromatic rings. The molecule has 1 amide bonds. The largest absolute Gasteiger partial charge is 0.320 e. The van der Waals surface area contributed by atoms with E-state index in [4.69, 9.17) is 5.26 Å². The van der Waals surface area contributed by atoms with Crippen molar-refractivity contribution in [2.75, 3.05) is 19.6 Å². The van der Waals surface area contributed by atoms with Crippen LogP contribution in [0.3, 0.4) is 0 Å². The van der Waals surface area contributed by atoms with E-state index >= 15 is 0 Å². The van der Waals surface area contributed by atoms with Crippen molar-refractivity contribution >= 4 is 21.8 Å². The summed E-state index contributed by atoms with van der Waals surface area (Å²) in [5.41, 5.74) is -0.00785. The lowest BCUT2D eigenvalue weighted by molar-refractivity contribution is 0.0682. The number of nitriles is 1. The van der Waals surface area contributed by atoms with Gasteiger partial charge in [-0.05, 0) is 28.1 Å². The maximum absolute atomic E-state index is 13.8. The number of carbonyl (C=O) groups excluding carboxylic acids is 1. The molecule has 0 saturated carbocycles. The predicted molar refractivity (Wildman–Crippen MR) is 67.4 cm³/mol. The Morgan fingerprint density at radius 2 is 2.39 bits per heavy atom. The van der Waals surface area contributed by atoms with Crippen LogP contribution in [0.25, 0.3) is 0 Å². The lowest BCUT2D eigenvalue weighted by atomic mass is 10.1. The van der Waals surface area contributed by atoms with Gasteiger partial charge in [-0.25, -0.2) is 4.39 Å². The van der Waals surface area contributed by atoms with Crippen molar-refractivity contribution < 1.29 is 9.18 Å². The van der Waals surface area contributed by atoms with E-state index in [1.165, 1.54) is 17.0 Å². The quantitative estimate of drug-likeness (QED) is 0.855. The minimum atomic E-state index is -0.585. The van der Waals surface area contributed by atoms with E-state index in [1.807, 2.05) is 6.07 Å². The molecule has 1 aliphatic heterocycles. The van der Waals surface area contributed by atoms with Gasteiger partial charge in [-0.2, -0.15) is 5.26 Å².